The summed E-state index contributed by atoms with van der Waals surface area (Å²) in [5.41, 5.74) is 0.703. The maximum atomic E-state index is 14.1. The van der Waals surface area contributed by atoms with E-state index in [1.54, 1.807) is 39.8 Å². The number of esters is 1. The summed E-state index contributed by atoms with van der Waals surface area (Å²) in [5.74, 6) is -2.82. The molecule has 4 atom stereocenters. The lowest BCUT2D eigenvalue weighted by atomic mass is 9.96. The Morgan fingerprint density at radius 2 is 1.52 bits per heavy atom. The van der Waals surface area contributed by atoms with Crippen LogP contribution in [-0.2, 0) is 46.3 Å². The molecule has 0 radical (unpaired) electrons. The van der Waals surface area contributed by atoms with Crippen molar-refractivity contribution in [1.82, 2.24) is 25.8 Å². The van der Waals surface area contributed by atoms with Gasteiger partial charge in [0.15, 0.2) is 0 Å². The van der Waals surface area contributed by atoms with Crippen molar-refractivity contribution in [2.75, 3.05) is 26.2 Å². The van der Waals surface area contributed by atoms with E-state index in [-0.39, 0.29) is 50.1 Å². The molecule has 1 aliphatic rings. The number of carbonyl (C=O) groups is 6. The summed E-state index contributed by atoms with van der Waals surface area (Å²) in [6, 6.07) is 11.4. The fourth-order valence-electron chi connectivity index (χ4n) is 5.75. The summed E-state index contributed by atoms with van der Waals surface area (Å²) in [6.45, 7) is 12.1. The quantitative estimate of drug-likeness (QED) is 0.201. The molecule has 1 saturated heterocycles. The Bertz CT molecular complexity index is 1540. The van der Waals surface area contributed by atoms with Crippen molar-refractivity contribution in [3.05, 3.63) is 65.7 Å². The molecule has 284 valence electrons. The molecule has 1 fully saturated rings. The van der Waals surface area contributed by atoms with Gasteiger partial charge in [-0.1, -0.05) is 56.3 Å². The zero-order valence-corrected chi connectivity index (χ0v) is 31.1. The predicted molar refractivity (Wildman–Crippen MR) is 193 cm³/mol. The van der Waals surface area contributed by atoms with Crippen molar-refractivity contribution >= 4 is 35.7 Å². The van der Waals surface area contributed by atoms with Gasteiger partial charge in [-0.25, -0.2) is 9.59 Å². The molecular weight excluding hydrogens is 670 g/mol. The topological polar surface area (TPSA) is 184 Å². The molecule has 1 heterocycles. The van der Waals surface area contributed by atoms with E-state index in [0.717, 1.165) is 5.56 Å². The first-order valence-electron chi connectivity index (χ1n) is 17.6. The number of hydrogen-bond acceptors (Lipinski definition) is 9. The Kier molecular flexibility index (Phi) is 15.0. The highest BCUT2D eigenvalue weighted by Gasteiger charge is 2.43. The minimum atomic E-state index is -1.08. The third-order valence-electron chi connectivity index (χ3n) is 8.26. The first-order chi connectivity index (χ1) is 24.5. The lowest BCUT2D eigenvalue weighted by Crippen LogP contribution is -2.64. The number of rotatable bonds is 15. The van der Waals surface area contributed by atoms with Crippen LogP contribution in [0.2, 0.25) is 0 Å². The van der Waals surface area contributed by atoms with Crippen LogP contribution in [0, 0.1) is 5.92 Å². The first kappa shape index (κ1) is 41.3. The number of carbonyl (C=O) groups excluding carboxylic acids is 6. The Labute approximate surface area is 305 Å². The number of piperazine rings is 1. The van der Waals surface area contributed by atoms with Crippen LogP contribution in [0.4, 0.5) is 4.79 Å². The monoisotopic (exact) mass is 723 g/mol. The third-order valence-corrected chi connectivity index (χ3v) is 8.26. The van der Waals surface area contributed by atoms with Crippen LogP contribution in [0.5, 0.6) is 5.75 Å². The number of phenols is 1. The van der Waals surface area contributed by atoms with Crippen molar-refractivity contribution in [2.24, 2.45) is 5.92 Å². The number of amides is 5. The van der Waals surface area contributed by atoms with Gasteiger partial charge in [-0.15, -0.1) is 0 Å². The minimum absolute atomic E-state index is 0.0537. The Balaban J connectivity index is 1.70. The normalized spacial score (nSPS) is 16.4. The summed E-state index contributed by atoms with van der Waals surface area (Å²) in [6.07, 6.45) is 0.0186. The van der Waals surface area contributed by atoms with Gasteiger partial charge in [-0.3, -0.25) is 24.1 Å². The van der Waals surface area contributed by atoms with E-state index >= 15 is 0 Å². The molecule has 4 N–H and O–H groups in total. The van der Waals surface area contributed by atoms with Crippen molar-refractivity contribution in [3.63, 3.8) is 0 Å². The summed E-state index contributed by atoms with van der Waals surface area (Å²) in [7, 11) is 0. The fraction of sp³-hybridized carbons (Fsp3) is 0.526. The van der Waals surface area contributed by atoms with Gasteiger partial charge >= 0.3 is 12.1 Å². The second-order valence-electron chi connectivity index (χ2n) is 14.2. The van der Waals surface area contributed by atoms with Crippen LogP contribution in [-0.4, -0.2) is 107 Å². The molecule has 0 saturated carbocycles. The summed E-state index contributed by atoms with van der Waals surface area (Å²) in [4.78, 5) is 82.5. The van der Waals surface area contributed by atoms with Gasteiger partial charge in [0.1, 0.15) is 35.5 Å². The number of nitrogens with zero attached hydrogens (tertiary/aromatic N) is 2. The SMILES string of the molecule is CCOC(=O)[C@H](Cc1ccc(O)cc1)NC(=O)[C@@H](C)NC(=O)CNC(=O)[C@H](Cc1ccccc1)N1CCN(C(=O)OC(C)(C)C)[C@H](CC(C)C)C1=O. The van der Waals surface area contributed by atoms with Gasteiger partial charge in [0.25, 0.3) is 0 Å². The highest BCUT2D eigenvalue weighted by Crippen LogP contribution is 2.24. The molecule has 1 aliphatic heterocycles. The molecule has 0 bridgehead atoms. The van der Waals surface area contributed by atoms with Gasteiger partial charge in [0, 0.05) is 25.9 Å². The number of phenolic OH excluding ortho intramolecular Hbond substituents is 1. The van der Waals surface area contributed by atoms with Gasteiger partial charge in [0.05, 0.1) is 13.2 Å². The largest absolute Gasteiger partial charge is 0.508 e. The predicted octanol–water partition coefficient (Wildman–Crippen LogP) is 2.71. The van der Waals surface area contributed by atoms with E-state index < -0.39 is 66.1 Å². The lowest BCUT2D eigenvalue weighted by Gasteiger charge is -2.44. The van der Waals surface area contributed by atoms with Crippen molar-refractivity contribution < 1.29 is 43.3 Å². The second-order valence-corrected chi connectivity index (χ2v) is 14.2. The van der Waals surface area contributed by atoms with E-state index in [4.69, 9.17) is 9.47 Å². The van der Waals surface area contributed by atoms with Gasteiger partial charge < -0.3 is 35.4 Å². The maximum absolute atomic E-state index is 14.1. The highest BCUT2D eigenvalue weighted by molar-refractivity contribution is 5.95. The average molecular weight is 724 g/mol. The molecule has 2 aromatic rings. The van der Waals surface area contributed by atoms with E-state index in [9.17, 15) is 33.9 Å². The lowest BCUT2D eigenvalue weighted by molar-refractivity contribution is -0.149. The van der Waals surface area contributed by atoms with Crippen LogP contribution in [0.1, 0.15) is 66.0 Å². The van der Waals surface area contributed by atoms with E-state index in [0.29, 0.717) is 12.0 Å². The van der Waals surface area contributed by atoms with E-state index in [1.165, 1.54) is 28.9 Å². The minimum Gasteiger partial charge on any atom is -0.508 e. The molecule has 52 heavy (non-hydrogen) atoms. The van der Waals surface area contributed by atoms with Gasteiger partial charge in [-0.2, -0.15) is 0 Å². The summed E-state index contributed by atoms with van der Waals surface area (Å²) < 4.78 is 10.7. The fourth-order valence-corrected chi connectivity index (χ4v) is 5.75. The molecule has 0 aliphatic carbocycles. The summed E-state index contributed by atoms with van der Waals surface area (Å²) >= 11 is 0. The van der Waals surface area contributed by atoms with E-state index in [2.05, 4.69) is 16.0 Å². The molecule has 0 aromatic heterocycles. The van der Waals surface area contributed by atoms with Crippen molar-refractivity contribution in [1.29, 1.82) is 0 Å². The third kappa shape index (κ3) is 12.6. The number of benzene rings is 2. The Morgan fingerprint density at radius 3 is 2.12 bits per heavy atom. The molecule has 0 unspecified atom stereocenters. The molecule has 14 nitrogen and oxygen atoms in total. The molecule has 2 aromatic carbocycles. The summed E-state index contributed by atoms with van der Waals surface area (Å²) in [5, 5.41) is 17.3. The highest BCUT2D eigenvalue weighted by atomic mass is 16.6. The number of aromatic hydroxyl groups is 1. The first-order valence-corrected chi connectivity index (χ1v) is 17.6. The second kappa shape index (κ2) is 18.9. The zero-order valence-electron chi connectivity index (χ0n) is 31.1. The zero-order chi connectivity index (χ0) is 38.6. The smallest absolute Gasteiger partial charge is 0.411 e. The molecule has 5 amide bonds. The van der Waals surface area contributed by atoms with Gasteiger partial charge in [-0.05, 0) is 70.2 Å². The van der Waals surface area contributed by atoms with Gasteiger partial charge in [0.2, 0.25) is 23.6 Å². The standard InChI is InChI=1S/C38H53N5O9/c1-8-51-36(49)29(21-27-14-16-28(44)17-15-27)41-33(46)25(4)40-32(45)23-39-34(47)30(22-26-12-10-9-11-13-26)42-18-19-43(37(50)52-38(5,6)7)31(35(42)48)20-24(2)3/h9-17,24-25,29-31,44H,8,18-23H2,1-7H3,(H,39,47)(H,40,45)(H,41,46)/t25-,29+,30+,31-/m1/s1. The number of ether oxygens (including phenoxy) is 2. The van der Waals surface area contributed by atoms with Crippen molar-refractivity contribution in [2.45, 2.75) is 97.5 Å². The Hall–Kier alpha value is -5.14. The van der Waals surface area contributed by atoms with Crippen LogP contribution in [0.25, 0.3) is 0 Å². The molecule has 3 rings (SSSR count). The average Bonchev–Trinajstić information content (AvgIpc) is 3.07. The molecular formula is C38H53N5O9. The Morgan fingerprint density at radius 1 is 0.885 bits per heavy atom. The van der Waals surface area contributed by atoms with Crippen LogP contribution in [0.15, 0.2) is 54.6 Å². The van der Waals surface area contributed by atoms with E-state index in [1.807, 2.05) is 44.2 Å². The molecule has 0 spiro atoms. The van der Waals surface area contributed by atoms with Crippen molar-refractivity contribution in [3.8, 4) is 5.75 Å². The van der Waals surface area contributed by atoms with Crippen LogP contribution in [0.3, 0.4) is 0 Å². The maximum Gasteiger partial charge on any atom is 0.411 e. The molecule has 14 heteroatoms. The number of nitrogens with one attached hydrogen (secondary N) is 3. The number of hydrogen-bond donors (Lipinski definition) is 4. The van der Waals surface area contributed by atoms with Crippen LogP contribution >= 0.6 is 0 Å². The van der Waals surface area contributed by atoms with Crippen LogP contribution < -0.4 is 16.0 Å².